The van der Waals surface area contributed by atoms with Gasteiger partial charge < -0.3 is 0 Å². The monoisotopic (exact) mass is 298 g/mol. The molecule has 0 aliphatic carbocycles. The van der Waals surface area contributed by atoms with E-state index in [1.807, 2.05) is 111 Å². The fourth-order valence-electron chi connectivity index (χ4n) is 0. The van der Waals surface area contributed by atoms with E-state index in [0.29, 0.717) is 0 Å². The van der Waals surface area contributed by atoms with Crippen molar-refractivity contribution < 1.29 is 0 Å². The van der Waals surface area contributed by atoms with Crippen molar-refractivity contribution in [2.45, 2.75) is 137 Å². The van der Waals surface area contributed by atoms with Crippen LogP contribution in [0.2, 0.25) is 0 Å². The molecule has 0 spiro atoms. The van der Waals surface area contributed by atoms with Crippen molar-refractivity contribution >= 4 is 0 Å². The van der Waals surface area contributed by atoms with Crippen LogP contribution in [0, 0.1) is 0 Å². The lowest BCUT2D eigenvalue weighted by Gasteiger charge is -1.68. The second-order valence-corrected chi connectivity index (χ2v) is 1.000. The second kappa shape index (κ2) is 1540. The van der Waals surface area contributed by atoms with Crippen molar-refractivity contribution in [1.29, 1.82) is 0 Å². The smallest absolute Gasteiger partial charge is 0.0564 e. The van der Waals surface area contributed by atoms with Gasteiger partial charge in [0.2, 0.25) is 0 Å². The Morgan fingerprint density at radius 1 is 0.250 bits per heavy atom. The van der Waals surface area contributed by atoms with Gasteiger partial charge in [-0.05, 0) is 0 Å². The fraction of sp³-hybridized carbons (Fsp3) is 1.00. The summed E-state index contributed by atoms with van der Waals surface area (Å²) in [7, 11) is 0. The number of rotatable bonds is 1. The van der Waals surface area contributed by atoms with Gasteiger partial charge in [0, 0.05) is 0 Å². The maximum absolute atomic E-state index is 2.18. The van der Waals surface area contributed by atoms with Crippen LogP contribution in [-0.4, -0.2) is 0 Å². The second-order valence-electron chi connectivity index (χ2n) is 1.000. The van der Waals surface area contributed by atoms with Crippen LogP contribution < -0.4 is 0 Å². The molecule has 0 atom stereocenters. The van der Waals surface area contributed by atoms with E-state index < -0.39 is 0 Å². The van der Waals surface area contributed by atoms with Crippen LogP contribution in [0.5, 0.6) is 0 Å². The molecule has 0 heteroatoms. The molecule has 138 valence electrons. The molecule has 0 fully saturated rings. The highest BCUT2D eigenvalue weighted by molar-refractivity contribution is 4.12. The molecule has 0 heterocycles. The summed E-state index contributed by atoms with van der Waals surface area (Å²) in [5.74, 6) is 0. The Hall–Kier alpha value is 0. The van der Waals surface area contributed by atoms with Crippen molar-refractivity contribution in [2.24, 2.45) is 0 Å². The lowest BCUT2D eigenvalue weighted by atomic mass is 10.4. The Bertz CT molecular complexity index is 2.00. The van der Waals surface area contributed by atoms with Crippen molar-refractivity contribution in [2.75, 3.05) is 0 Å². The maximum Gasteiger partial charge on any atom is -0.0564 e. The summed E-state index contributed by atoms with van der Waals surface area (Å²) in [5.41, 5.74) is 0. The van der Waals surface area contributed by atoms with Crippen LogP contribution in [0.25, 0.3) is 0 Å². The summed E-state index contributed by atoms with van der Waals surface area (Å²) < 4.78 is 0. The van der Waals surface area contributed by atoms with Gasteiger partial charge in [0.25, 0.3) is 0 Å². The van der Waals surface area contributed by atoms with Crippen molar-refractivity contribution in [3.8, 4) is 0 Å². The quantitative estimate of drug-likeness (QED) is 0.451. The minimum absolute atomic E-state index is 1.32. The Kier molecular flexibility index (Phi) is 4590. The summed E-state index contributed by atoms with van der Waals surface area (Å²) >= 11 is 0. The molecule has 0 amide bonds. The van der Waals surface area contributed by atoms with E-state index >= 15 is 0 Å². The van der Waals surface area contributed by atoms with Gasteiger partial charge in [-0.3, -0.25) is 0 Å². The zero-order chi connectivity index (χ0) is 19.4. The molecule has 0 aliphatic rings. The van der Waals surface area contributed by atoms with E-state index in [4.69, 9.17) is 0 Å². The summed E-state index contributed by atoms with van der Waals surface area (Å²) in [5, 5.41) is 0. The zero-order valence-corrected chi connectivity index (χ0v) is 19.4. The molecule has 0 N–H and O–H groups in total. The maximum atomic E-state index is 2.18. The van der Waals surface area contributed by atoms with E-state index in [-0.39, 0.29) is 0 Å². The summed E-state index contributed by atoms with van der Waals surface area (Å²) in [4.78, 5) is 0. The molecule has 0 nitrogen and oxygen atoms in total. The van der Waals surface area contributed by atoms with Crippen LogP contribution in [0.4, 0.5) is 0 Å². The molecular formula is C20H58. The Labute approximate surface area is 138 Å². The number of hydrogen-bond donors (Lipinski definition) is 0. The van der Waals surface area contributed by atoms with Crippen LogP contribution >= 0.6 is 0 Å². The van der Waals surface area contributed by atoms with E-state index in [1.165, 1.54) is 12.8 Å². The predicted molar refractivity (Wildman–Crippen MR) is 111 cm³/mol. The zero-order valence-electron chi connectivity index (χ0n) is 19.4. The first-order valence-corrected chi connectivity index (χ1v) is 9.91. The Balaban J connectivity index is -0.00000000993. The Morgan fingerprint density at radius 3 is 0.300 bits per heavy atom. The minimum Gasteiger partial charge on any atom is -0.0683 e. The largest absolute Gasteiger partial charge is 0.0683 e. The molecular weight excluding hydrogens is 240 g/mol. The van der Waals surface area contributed by atoms with Gasteiger partial charge in [-0.25, -0.2) is 0 Å². The third-order valence-electron chi connectivity index (χ3n) is 0.500. The molecule has 0 aromatic heterocycles. The average molecular weight is 299 g/mol. The highest BCUT2D eigenvalue weighted by Gasteiger charge is 1.56. The van der Waals surface area contributed by atoms with Gasteiger partial charge >= 0.3 is 0 Å². The first kappa shape index (κ1) is 59.7. The van der Waals surface area contributed by atoms with Gasteiger partial charge in [-0.15, -0.1) is 0 Å². The van der Waals surface area contributed by atoms with Crippen LogP contribution in [0.15, 0.2) is 0 Å². The SMILES string of the molecule is CC.CC.CC.CC.CC.CC.CC.CC.CCCC. The minimum atomic E-state index is 1.32. The van der Waals surface area contributed by atoms with E-state index in [1.54, 1.807) is 0 Å². The Morgan fingerprint density at radius 2 is 0.300 bits per heavy atom. The highest BCUT2D eigenvalue weighted by atomic mass is 13.6. The summed E-state index contributed by atoms with van der Waals surface area (Å²) in [6.45, 7) is 36.4. The standard InChI is InChI=1S/C4H10.8C2H6/c1-3-4-2;8*1-2/h3-4H2,1-2H3;8*1-2H3. The first-order valence-electron chi connectivity index (χ1n) is 9.91. The average Bonchev–Trinajstić information content (AvgIpc) is 2.68. The van der Waals surface area contributed by atoms with Crippen molar-refractivity contribution in [3.05, 3.63) is 0 Å². The molecule has 0 radical (unpaired) electrons. The number of unbranched alkanes of at least 4 members (excludes halogenated alkanes) is 1. The molecule has 0 saturated carbocycles. The lowest BCUT2D eigenvalue weighted by molar-refractivity contribution is 0.886. The van der Waals surface area contributed by atoms with Gasteiger partial charge in [-0.1, -0.05) is 137 Å². The summed E-state index contributed by atoms with van der Waals surface area (Å²) in [6.07, 6.45) is 2.64. The van der Waals surface area contributed by atoms with Gasteiger partial charge in [0.05, 0.1) is 0 Å². The van der Waals surface area contributed by atoms with Gasteiger partial charge in [-0.2, -0.15) is 0 Å². The molecule has 0 bridgehead atoms. The third kappa shape index (κ3) is 5200. The molecule has 20 heavy (non-hydrogen) atoms. The third-order valence-corrected chi connectivity index (χ3v) is 0.500. The molecule has 0 rings (SSSR count). The van der Waals surface area contributed by atoms with Gasteiger partial charge in [0.15, 0.2) is 0 Å². The van der Waals surface area contributed by atoms with E-state index in [0.717, 1.165) is 0 Å². The van der Waals surface area contributed by atoms with Crippen molar-refractivity contribution in [1.82, 2.24) is 0 Å². The van der Waals surface area contributed by atoms with Crippen LogP contribution in [-0.2, 0) is 0 Å². The predicted octanol–water partition coefficient (Wildman–Crippen LogP) is 10.0. The fourth-order valence-corrected chi connectivity index (χ4v) is 0. The molecule has 0 aromatic rings. The van der Waals surface area contributed by atoms with E-state index in [2.05, 4.69) is 13.8 Å². The van der Waals surface area contributed by atoms with Gasteiger partial charge in [0.1, 0.15) is 0 Å². The van der Waals surface area contributed by atoms with Crippen LogP contribution in [0.1, 0.15) is 137 Å². The van der Waals surface area contributed by atoms with Crippen LogP contribution in [0.3, 0.4) is 0 Å². The summed E-state index contributed by atoms with van der Waals surface area (Å²) in [6, 6.07) is 0. The highest BCUT2D eigenvalue weighted by Crippen LogP contribution is 1.76. The first-order chi connectivity index (χ1) is 9.91. The normalized spacial score (nSPS) is 3.90. The molecule has 0 aromatic carbocycles. The molecule has 0 saturated heterocycles. The lowest BCUT2D eigenvalue weighted by Crippen LogP contribution is -1.47. The van der Waals surface area contributed by atoms with E-state index in [9.17, 15) is 0 Å². The topological polar surface area (TPSA) is 0 Å². The van der Waals surface area contributed by atoms with Crippen molar-refractivity contribution in [3.63, 3.8) is 0 Å². The number of hydrogen-bond acceptors (Lipinski definition) is 0. The molecule has 0 unspecified atom stereocenters. The molecule has 0 aliphatic heterocycles.